The third kappa shape index (κ3) is 5.79. The Morgan fingerprint density at radius 2 is 2.00 bits per heavy atom. The number of nitrogens with one attached hydrogen (secondary N) is 1. The summed E-state index contributed by atoms with van der Waals surface area (Å²) in [6.45, 7) is 8.61. The summed E-state index contributed by atoms with van der Waals surface area (Å²) in [4.78, 5) is 21.3. The smallest absolute Gasteiger partial charge is 0.251 e. The van der Waals surface area contributed by atoms with Crippen LogP contribution < -0.4 is 5.32 Å². The molecule has 0 aromatic heterocycles. The van der Waals surface area contributed by atoms with Crippen LogP contribution >= 0.6 is 24.0 Å². The maximum absolute atomic E-state index is 13.4. The number of carbonyl (C=O) groups is 1. The molecule has 6 nitrogen and oxygen atoms in total. The molecule has 1 N–H and O–H groups in total. The summed E-state index contributed by atoms with van der Waals surface area (Å²) in [6, 6.07) is 5.09. The van der Waals surface area contributed by atoms with Crippen molar-refractivity contribution in [2.75, 3.05) is 39.3 Å². The van der Waals surface area contributed by atoms with Crippen LogP contribution in [0.15, 0.2) is 23.2 Å². The van der Waals surface area contributed by atoms with Gasteiger partial charge in [0, 0.05) is 39.3 Å². The molecule has 8 heteroatoms. The Morgan fingerprint density at radius 3 is 2.61 bits per heavy atom. The molecule has 2 aliphatic rings. The zero-order valence-corrected chi connectivity index (χ0v) is 18.9. The first-order valence-corrected chi connectivity index (χ1v) is 9.77. The second-order valence-electron chi connectivity index (χ2n) is 7.07. The Morgan fingerprint density at radius 1 is 1.29 bits per heavy atom. The Labute approximate surface area is 183 Å². The average Bonchev–Trinajstić information content (AvgIpc) is 3.22. The quantitative estimate of drug-likeness (QED) is 0.389. The molecule has 0 aliphatic carbocycles. The highest BCUT2D eigenvalue weighted by atomic mass is 127. The summed E-state index contributed by atoms with van der Waals surface area (Å²) in [5, 5.41) is 3.32. The standard InChI is InChI=1S/C20H29FN4O2.HI/c1-3-22-20(23-14-16-6-7-17(21)15(2)13-16)25-10-8-24(9-11-25)19(26)18-5-4-12-27-18;/h6-7,13,18H,3-5,8-12,14H2,1-2H3,(H,22,23);1H. The molecule has 2 saturated heterocycles. The molecule has 1 aromatic rings. The number of carbonyl (C=O) groups excluding carboxylic acids is 1. The van der Waals surface area contributed by atoms with Gasteiger partial charge in [-0.3, -0.25) is 4.79 Å². The van der Waals surface area contributed by atoms with Crippen LogP contribution in [0.4, 0.5) is 4.39 Å². The Hall–Kier alpha value is -1.42. The number of aliphatic imine (C=N–C) groups is 1. The van der Waals surface area contributed by atoms with Gasteiger partial charge in [0.15, 0.2) is 5.96 Å². The number of ether oxygens (including phenoxy) is 1. The number of nitrogens with zero attached hydrogens (tertiary/aromatic N) is 3. The van der Waals surface area contributed by atoms with Gasteiger partial charge >= 0.3 is 0 Å². The van der Waals surface area contributed by atoms with Gasteiger partial charge in [-0.25, -0.2) is 9.38 Å². The highest BCUT2D eigenvalue weighted by Gasteiger charge is 2.30. The summed E-state index contributed by atoms with van der Waals surface area (Å²) in [7, 11) is 0. The lowest BCUT2D eigenvalue weighted by atomic mass is 10.1. The highest BCUT2D eigenvalue weighted by Crippen LogP contribution is 2.16. The number of hydrogen-bond acceptors (Lipinski definition) is 3. The SMILES string of the molecule is CCNC(=NCc1ccc(F)c(C)c1)N1CCN(C(=O)C2CCCO2)CC1.I. The van der Waals surface area contributed by atoms with Crippen molar-refractivity contribution >= 4 is 35.8 Å². The number of hydrogen-bond donors (Lipinski definition) is 1. The molecule has 1 unspecified atom stereocenters. The van der Waals surface area contributed by atoms with Crippen LogP contribution in [0, 0.1) is 12.7 Å². The second kappa shape index (κ2) is 10.9. The summed E-state index contributed by atoms with van der Waals surface area (Å²) < 4.78 is 18.9. The lowest BCUT2D eigenvalue weighted by molar-refractivity contribution is -0.142. The lowest BCUT2D eigenvalue weighted by Gasteiger charge is -2.37. The topological polar surface area (TPSA) is 57.2 Å². The van der Waals surface area contributed by atoms with Gasteiger partial charge in [-0.2, -0.15) is 0 Å². The molecule has 2 fully saturated rings. The van der Waals surface area contributed by atoms with Crippen molar-refractivity contribution < 1.29 is 13.9 Å². The molecule has 1 amide bonds. The first kappa shape index (κ1) is 22.9. The van der Waals surface area contributed by atoms with Crippen molar-refractivity contribution in [3.05, 3.63) is 35.1 Å². The minimum absolute atomic E-state index is 0. The van der Waals surface area contributed by atoms with Crippen LogP contribution in [0.5, 0.6) is 0 Å². The van der Waals surface area contributed by atoms with E-state index >= 15 is 0 Å². The minimum Gasteiger partial charge on any atom is -0.368 e. The van der Waals surface area contributed by atoms with Gasteiger partial charge in [-0.05, 0) is 43.9 Å². The fraction of sp³-hybridized carbons (Fsp3) is 0.600. The first-order chi connectivity index (χ1) is 13.1. The minimum atomic E-state index is -0.250. The van der Waals surface area contributed by atoms with Gasteiger partial charge in [-0.15, -0.1) is 24.0 Å². The van der Waals surface area contributed by atoms with Gasteiger partial charge < -0.3 is 19.9 Å². The zero-order valence-electron chi connectivity index (χ0n) is 16.6. The number of guanidine groups is 1. The number of piperazine rings is 1. The molecule has 0 saturated carbocycles. The van der Waals surface area contributed by atoms with Crippen molar-refractivity contribution in [3.8, 4) is 0 Å². The first-order valence-electron chi connectivity index (χ1n) is 9.77. The van der Waals surface area contributed by atoms with Crippen molar-refractivity contribution in [2.45, 2.75) is 39.3 Å². The summed E-state index contributed by atoms with van der Waals surface area (Å²) >= 11 is 0. The Kier molecular flexibility index (Phi) is 8.94. The summed E-state index contributed by atoms with van der Waals surface area (Å²) in [5.74, 6) is 0.765. The van der Waals surface area contributed by atoms with E-state index < -0.39 is 0 Å². The van der Waals surface area contributed by atoms with Crippen molar-refractivity contribution in [3.63, 3.8) is 0 Å². The Balaban J connectivity index is 0.00000280. The molecule has 1 atom stereocenters. The van der Waals surface area contributed by atoms with E-state index in [1.807, 2.05) is 17.9 Å². The molecule has 0 bridgehead atoms. The molecule has 2 heterocycles. The van der Waals surface area contributed by atoms with Crippen LogP contribution in [-0.4, -0.2) is 67.1 Å². The van der Waals surface area contributed by atoms with E-state index in [-0.39, 0.29) is 41.8 Å². The molecule has 1 aromatic carbocycles. The number of halogens is 2. The van der Waals surface area contributed by atoms with Crippen molar-refractivity contribution in [1.29, 1.82) is 0 Å². The summed E-state index contributed by atoms with van der Waals surface area (Å²) in [6.07, 6.45) is 1.55. The number of rotatable bonds is 4. The van der Waals surface area contributed by atoms with Crippen molar-refractivity contribution in [2.24, 2.45) is 4.99 Å². The normalized spacial score (nSPS) is 20.1. The van der Waals surface area contributed by atoms with Crippen LogP contribution in [-0.2, 0) is 16.1 Å². The van der Waals surface area contributed by atoms with E-state index in [4.69, 9.17) is 9.73 Å². The number of amides is 1. The molecule has 0 spiro atoms. The van der Waals surface area contributed by atoms with Crippen LogP contribution in [0.1, 0.15) is 30.9 Å². The van der Waals surface area contributed by atoms with E-state index in [0.29, 0.717) is 31.8 Å². The van der Waals surface area contributed by atoms with Crippen LogP contribution in [0.2, 0.25) is 0 Å². The van der Waals surface area contributed by atoms with Gasteiger partial charge in [0.25, 0.3) is 5.91 Å². The third-order valence-electron chi connectivity index (χ3n) is 5.06. The molecular formula is C20H30FIN4O2. The number of aryl methyl sites for hydroxylation is 1. The third-order valence-corrected chi connectivity index (χ3v) is 5.06. The van der Waals surface area contributed by atoms with E-state index in [1.54, 1.807) is 13.0 Å². The van der Waals surface area contributed by atoms with E-state index in [2.05, 4.69) is 10.2 Å². The fourth-order valence-corrected chi connectivity index (χ4v) is 3.51. The van der Waals surface area contributed by atoms with Gasteiger partial charge in [0.05, 0.1) is 6.54 Å². The molecule has 2 aliphatic heterocycles. The van der Waals surface area contributed by atoms with Gasteiger partial charge in [0.1, 0.15) is 11.9 Å². The molecule has 156 valence electrons. The predicted octanol–water partition coefficient (Wildman–Crippen LogP) is 2.54. The molecule has 3 rings (SSSR count). The maximum Gasteiger partial charge on any atom is 0.251 e. The molecule has 0 radical (unpaired) electrons. The lowest BCUT2D eigenvalue weighted by Crippen LogP contribution is -2.55. The molecular weight excluding hydrogens is 474 g/mol. The zero-order chi connectivity index (χ0) is 19.2. The van der Waals surface area contributed by atoms with Gasteiger partial charge in [0.2, 0.25) is 0 Å². The monoisotopic (exact) mass is 504 g/mol. The average molecular weight is 504 g/mol. The van der Waals surface area contributed by atoms with Crippen molar-refractivity contribution in [1.82, 2.24) is 15.1 Å². The maximum atomic E-state index is 13.4. The Bertz CT molecular complexity index is 687. The van der Waals surface area contributed by atoms with E-state index in [9.17, 15) is 9.18 Å². The van der Waals surface area contributed by atoms with E-state index in [1.165, 1.54) is 6.07 Å². The van der Waals surface area contributed by atoms with E-state index in [0.717, 1.165) is 44.0 Å². The highest BCUT2D eigenvalue weighted by molar-refractivity contribution is 14.0. The largest absolute Gasteiger partial charge is 0.368 e. The molecule has 28 heavy (non-hydrogen) atoms. The second-order valence-corrected chi connectivity index (χ2v) is 7.07. The van der Waals surface area contributed by atoms with Crippen LogP contribution in [0.3, 0.4) is 0 Å². The van der Waals surface area contributed by atoms with Gasteiger partial charge in [-0.1, -0.05) is 12.1 Å². The van der Waals surface area contributed by atoms with Crippen LogP contribution in [0.25, 0.3) is 0 Å². The predicted molar refractivity (Wildman–Crippen MR) is 118 cm³/mol. The number of benzene rings is 1. The fourth-order valence-electron chi connectivity index (χ4n) is 3.51. The summed E-state index contributed by atoms with van der Waals surface area (Å²) in [5.41, 5.74) is 1.62.